The Morgan fingerprint density at radius 3 is 1.61 bits per heavy atom. The Bertz CT molecular complexity index is 360. The van der Waals surface area contributed by atoms with Crippen LogP contribution in [-0.2, 0) is 0 Å². The molecule has 0 amide bonds. The van der Waals surface area contributed by atoms with Gasteiger partial charge in [-0.3, -0.25) is 0 Å². The summed E-state index contributed by atoms with van der Waals surface area (Å²) in [6, 6.07) is 0. The molecule has 2 saturated heterocycles. The van der Waals surface area contributed by atoms with Crippen molar-refractivity contribution in [2.24, 2.45) is 23.7 Å². The van der Waals surface area contributed by atoms with Gasteiger partial charge >= 0.3 is 0 Å². The predicted molar refractivity (Wildman–Crippen MR) is 106 cm³/mol. The van der Waals surface area contributed by atoms with Crippen LogP contribution in [0.4, 0.5) is 0 Å². The average Bonchev–Trinajstić information content (AvgIpc) is 3.28. The molecule has 0 N–H and O–H groups in total. The molecule has 0 aromatic heterocycles. The summed E-state index contributed by atoms with van der Waals surface area (Å²) in [4.78, 5) is 0. The van der Waals surface area contributed by atoms with Gasteiger partial charge in [0.15, 0.2) is 0 Å². The van der Waals surface area contributed by atoms with Gasteiger partial charge in [0.2, 0.25) is 0 Å². The monoisotopic (exact) mass is 352 g/mol. The van der Waals surface area contributed by atoms with Crippen molar-refractivity contribution in [3.8, 4) is 0 Å². The van der Waals surface area contributed by atoms with Crippen LogP contribution >= 0.6 is 23.5 Å². The van der Waals surface area contributed by atoms with Crippen LogP contribution in [0.25, 0.3) is 0 Å². The fourth-order valence-corrected chi connectivity index (χ4v) is 9.40. The summed E-state index contributed by atoms with van der Waals surface area (Å²) in [5.74, 6) is 5.70. The Morgan fingerprint density at radius 1 is 0.565 bits per heavy atom. The largest absolute Gasteiger partial charge is 0.158 e. The van der Waals surface area contributed by atoms with Gasteiger partial charge in [-0.05, 0) is 93.6 Å². The summed E-state index contributed by atoms with van der Waals surface area (Å²) in [6.45, 7) is 2.46. The van der Waals surface area contributed by atoms with E-state index in [1.54, 1.807) is 38.5 Å². The Morgan fingerprint density at radius 2 is 1.09 bits per heavy atom. The second-order valence-electron chi connectivity index (χ2n) is 9.04. The molecule has 2 saturated carbocycles. The minimum absolute atomic E-state index is 1.01. The molecule has 0 nitrogen and oxygen atoms in total. The van der Waals surface area contributed by atoms with Crippen LogP contribution in [0.1, 0.15) is 84.0 Å². The third-order valence-corrected chi connectivity index (χ3v) is 11.0. The first-order chi connectivity index (χ1) is 11.3. The first-order valence-electron chi connectivity index (χ1n) is 10.6. The van der Waals surface area contributed by atoms with Crippen LogP contribution in [0.5, 0.6) is 0 Å². The van der Waals surface area contributed by atoms with Gasteiger partial charge < -0.3 is 0 Å². The van der Waals surface area contributed by atoms with E-state index < -0.39 is 0 Å². The zero-order chi connectivity index (χ0) is 15.6. The van der Waals surface area contributed by atoms with Crippen molar-refractivity contribution in [1.29, 1.82) is 0 Å². The summed E-state index contributed by atoms with van der Waals surface area (Å²) >= 11 is 4.75. The van der Waals surface area contributed by atoms with Gasteiger partial charge in [0.05, 0.1) is 0 Å². The maximum absolute atomic E-state index is 2.46. The van der Waals surface area contributed by atoms with E-state index in [0.717, 1.165) is 39.4 Å². The molecule has 23 heavy (non-hydrogen) atoms. The van der Waals surface area contributed by atoms with Gasteiger partial charge in [-0.1, -0.05) is 19.8 Å². The van der Waals surface area contributed by atoms with E-state index in [4.69, 9.17) is 0 Å². The minimum Gasteiger partial charge on any atom is -0.158 e. The van der Waals surface area contributed by atoms with E-state index in [0.29, 0.717) is 0 Å². The predicted octanol–water partition coefficient (Wildman–Crippen LogP) is 6.78. The van der Waals surface area contributed by atoms with E-state index in [-0.39, 0.29) is 0 Å². The Hall–Kier alpha value is 0.700. The molecule has 132 valence electrons. The molecule has 0 spiro atoms. The molecule has 3 atom stereocenters. The van der Waals surface area contributed by atoms with Gasteiger partial charge in [-0.2, -0.15) is 23.5 Å². The van der Waals surface area contributed by atoms with Gasteiger partial charge in [0, 0.05) is 15.7 Å². The van der Waals surface area contributed by atoms with E-state index in [1.165, 1.54) is 44.3 Å². The van der Waals surface area contributed by atoms with Gasteiger partial charge in [-0.15, -0.1) is 0 Å². The summed E-state index contributed by atoms with van der Waals surface area (Å²) in [6.07, 6.45) is 18.5. The molecular weight excluding hydrogens is 316 g/mol. The summed E-state index contributed by atoms with van der Waals surface area (Å²) < 4.78 is 0. The van der Waals surface area contributed by atoms with E-state index >= 15 is 0 Å². The lowest BCUT2D eigenvalue weighted by Crippen LogP contribution is -2.27. The minimum atomic E-state index is 1.01. The second-order valence-corrected chi connectivity index (χ2v) is 11.9. The molecule has 4 fully saturated rings. The first-order valence-corrected chi connectivity index (χ1v) is 12.6. The smallest absolute Gasteiger partial charge is 0.00786 e. The zero-order valence-corrected chi connectivity index (χ0v) is 16.7. The Labute approximate surface area is 152 Å². The maximum atomic E-state index is 2.46. The lowest BCUT2D eigenvalue weighted by molar-refractivity contribution is 0.259. The lowest BCUT2D eigenvalue weighted by Gasteiger charge is -2.35. The molecule has 0 aromatic rings. The quantitative estimate of drug-likeness (QED) is 0.549. The normalized spacial score (nSPS) is 48.7. The van der Waals surface area contributed by atoms with Crippen molar-refractivity contribution >= 4 is 23.5 Å². The van der Waals surface area contributed by atoms with Crippen molar-refractivity contribution in [2.75, 3.05) is 5.75 Å². The van der Waals surface area contributed by atoms with Crippen LogP contribution in [0, 0.1) is 23.7 Å². The fourth-order valence-electron chi connectivity index (χ4n) is 5.90. The molecule has 0 bridgehead atoms. The third-order valence-electron chi connectivity index (χ3n) is 7.50. The van der Waals surface area contributed by atoms with Crippen molar-refractivity contribution in [2.45, 2.75) is 99.7 Å². The number of thioether (sulfide) groups is 2. The molecule has 4 rings (SSSR count). The van der Waals surface area contributed by atoms with Crippen molar-refractivity contribution < 1.29 is 0 Å². The lowest BCUT2D eigenvalue weighted by atomic mass is 9.77. The molecule has 2 heterocycles. The van der Waals surface area contributed by atoms with Crippen molar-refractivity contribution in [3.05, 3.63) is 0 Å². The molecule has 2 heteroatoms. The SMILES string of the molecule is CC1CCC(C2CCC(C3CCC(C4CCCS4)CC3)S2)CC1. The molecule has 2 aliphatic carbocycles. The Balaban J connectivity index is 1.23. The number of rotatable bonds is 3. The highest BCUT2D eigenvalue weighted by Crippen LogP contribution is 2.50. The Kier molecular flexibility index (Phi) is 5.91. The molecular formula is C21H36S2. The van der Waals surface area contributed by atoms with Crippen LogP contribution in [0.15, 0.2) is 0 Å². The second kappa shape index (κ2) is 7.94. The van der Waals surface area contributed by atoms with Gasteiger partial charge in [0.25, 0.3) is 0 Å². The van der Waals surface area contributed by atoms with Crippen LogP contribution < -0.4 is 0 Å². The highest BCUT2D eigenvalue weighted by atomic mass is 32.2. The summed E-state index contributed by atoms with van der Waals surface area (Å²) in [5, 5.41) is 3.12. The van der Waals surface area contributed by atoms with Crippen molar-refractivity contribution in [1.82, 2.24) is 0 Å². The van der Waals surface area contributed by atoms with Crippen LogP contribution in [-0.4, -0.2) is 21.5 Å². The van der Waals surface area contributed by atoms with E-state index in [2.05, 4.69) is 30.4 Å². The van der Waals surface area contributed by atoms with Crippen molar-refractivity contribution in [3.63, 3.8) is 0 Å². The highest BCUT2D eigenvalue weighted by Gasteiger charge is 2.38. The summed E-state index contributed by atoms with van der Waals surface area (Å²) in [7, 11) is 0. The van der Waals surface area contributed by atoms with Gasteiger partial charge in [-0.25, -0.2) is 0 Å². The standard InChI is InChI=1S/C21H36S2/c1-15-4-6-17(7-5-15)20-12-13-21(23-20)18-10-8-16(9-11-18)19-3-2-14-22-19/h15-21H,2-14H2,1H3. The first kappa shape index (κ1) is 17.1. The van der Waals surface area contributed by atoms with Crippen LogP contribution in [0.2, 0.25) is 0 Å². The van der Waals surface area contributed by atoms with E-state index in [9.17, 15) is 0 Å². The van der Waals surface area contributed by atoms with E-state index in [1.807, 2.05) is 0 Å². The summed E-state index contributed by atoms with van der Waals surface area (Å²) in [5.41, 5.74) is 0. The van der Waals surface area contributed by atoms with Gasteiger partial charge in [0.1, 0.15) is 0 Å². The van der Waals surface area contributed by atoms with Crippen LogP contribution in [0.3, 0.4) is 0 Å². The molecule has 2 aliphatic heterocycles. The maximum Gasteiger partial charge on any atom is 0.00786 e. The molecule has 4 aliphatic rings. The topological polar surface area (TPSA) is 0 Å². The number of hydrogen-bond donors (Lipinski definition) is 0. The third kappa shape index (κ3) is 4.10. The molecule has 3 unspecified atom stereocenters. The highest BCUT2D eigenvalue weighted by molar-refractivity contribution is 8.00. The average molecular weight is 353 g/mol. The number of hydrogen-bond acceptors (Lipinski definition) is 2. The molecule has 0 aromatic carbocycles. The fraction of sp³-hybridized carbons (Fsp3) is 1.00. The zero-order valence-electron chi connectivity index (χ0n) is 15.1. The molecule has 0 radical (unpaired) electrons.